The minimum absolute atomic E-state index is 0.204. The van der Waals surface area contributed by atoms with Gasteiger partial charge in [0.2, 0.25) is 0 Å². The van der Waals surface area contributed by atoms with E-state index in [2.05, 4.69) is 21.9 Å². The molecule has 23 heavy (non-hydrogen) atoms. The van der Waals surface area contributed by atoms with Crippen molar-refractivity contribution in [2.24, 2.45) is 0 Å². The molecule has 0 unspecified atom stereocenters. The van der Waals surface area contributed by atoms with Gasteiger partial charge in [-0.05, 0) is 38.3 Å². The van der Waals surface area contributed by atoms with Gasteiger partial charge in [0.05, 0.1) is 11.3 Å². The van der Waals surface area contributed by atoms with Gasteiger partial charge in [0.25, 0.3) is 0 Å². The van der Waals surface area contributed by atoms with Crippen molar-refractivity contribution in [1.29, 1.82) is 0 Å². The lowest BCUT2D eigenvalue weighted by molar-refractivity contribution is 0.0467. The number of thiazole rings is 1. The number of aryl methyl sites for hydroxylation is 1. The molecule has 120 valence electrons. The second-order valence-corrected chi connectivity index (χ2v) is 6.90. The van der Waals surface area contributed by atoms with Gasteiger partial charge < -0.3 is 9.30 Å². The highest BCUT2D eigenvalue weighted by molar-refractivity contribution is 7.14. The van der Waals surface area contributed by atoms with E-state index in [4.69, 9.17) is 4.74 Å². The first-order valence-electron chi connectivity index (χ1n) is 7.41. The highest BCUT2D eigenvalue weighted by atomic mass is 32.1. The molecule has 0 bridgehead atoms. The third kappa shape index (κ3) is 3.23. The minimum atomic E-state index is -0.289. The summed E-state index contributed by atoms with van der Waals surface area (Å²) in [5, 5.41) is 6.99. The van der Waals surface area contributed by atoms with Crippen LogP contribution in [0.4, 0.5) is 0 Å². The Hall–Kier alpha value is -1.92. The Bertz CT molecular complexity index is 816. The molecule has 0 amide bonds. The van der Waals surface area contributed by atoms with Crippen LogP contribution in [-0.4, -0.2) is 15.5 Å². The molecule has 0 spiro atoms. The van der Waals surface area contributed by atoms with Crippen LogP contribution in [-0.2, 0) is 17.9 Å². The number of ether oxygens (including phenoxy) is 1. The van der Waals surface area contributed by atoms with Crippen LogP contribution in [0.1, 0.15) is 34.4 Å². The lowest BCUT2D eigenvalue weighted by Crippen LogP contribution is -2.07. The molecule has 0 aliphatic rings. The number of esters is 1. The lowest BCUT2D eigenvalue weighted by Gasteiger charge is -2.06. The number of carbonyl (C=O) groups is 1. The van der Waals surface area contributed by atoms with Crippen LogP contribution in [0.5, 0.6) is 0 Å². The molecule has 0 aliphatic heterocycles. The maximum atomic E-state index is 12.3. The zero-order chi connectivity index (χ0) is 16.4. The fourth-order valence-electron chi connectivity index (χ4n) is 2.60. The van der Waals surface area contributed by atoms with E-state index in [0.717, 1.165) is 34.2 Å². The lowest BCUT2D eigenvalue weighted by atomic mass is 10.2. The summed E-state index contributed by atoms with van der Waals surface area (Å²) in [6.07, 6.45) is 0. The molecule has 0 atom stereocenters. The molecule has 0 aromatic carbocycles. The van der Waals surface area contributed by atoms with Gasteiger partial charge >= 0.3 is 5.97 Å². The van der Waals surface area contributed by atoms with Crippen molar-refractivity contribution < 1.29 is 9.53 Å². The van der Waals surface area contributed by atoms with E-state index in [0.29, 0.717) is 5.56 Å². The van der Waals surface area contributed by atoms with Gasteiger partial charge in [0.15, 0.2) is 0 Å². The van der Waals surface area contributed by atoms with E-state index in [1.165, 1.54) is 0 Å². The standard InChI is InChI=1S/C17H18N2O2S2/c1-4-19-11(2)7-15(12(19)3)17(20)21-8-14-10-23-16(18-14)13-5-6-22-9-13/h5-7,9-10H,4,8H2,1-3H3. The second-order valence-electron chi connectivity index (χ2n) is 5.26. The van der Waals surface area contributed by atoms with E-state index in [9.17, 15) is 4.79 Å². The van der Waals surface area contributed by atoms with Gasteiger partial charge in [-0.25, -0.2) is 9.78 Å². The van der Waals surface area contributed by atoms with Crippen LogP contribution in [0, 0.1) is 13.8 Å². The van der Waals surface area contributed by atoms with E-state index < -0.39 is 0 Å². The highest BCUT2D eigenvalue weighted by Crippen LogP contribution is 2.26. The van der Waals surface area contributed by atoms with Crippen LogP contribution < -0.4 is 0 Å². The maximum absolute atomic E-state index is 12.3. The molecule has 3 aromatic rings. The van der Waals surface area contributed by atoms with Crippen molar-refractivity contribution in [3.05, 3.63) is 50.9 Å². The number of nitrogens with zero attached hydrogens (tertiary/aromatic N) is 2. The molecule has 0 N–H and O–H groups in total. The summed E-state index contributed by atoms with van der Waals surface area (Å²) in [5.41, 5.74) is 4.56. The molecule has 6 heteroatoms. The predicted molar refractivity (Wildman–Crippen MR) is 94.1 cm³/mol. The molecule has 4 nitrogen and oxygen atoms in total. The SMILES string of the molecule is CCn1c(C)cc(C(=O)OCc2csc(-c3ccsc3)n2)c1C. The van der Waals surface area contributed by atoms with E-state index >= 15 is 0 Å². The molecule has 0 aliphatic carbocycles. The molecular formula is C17H18N2O2S2. The quantitative estimate of drug-likeness (QED) is 0.631. The van der Waals surface area contributed by atoms with Crippen molar-refractivity contribution in [3.8, 4) is 10.6 Å². The van der Waals surface area contributed by atoms with Crippen molar-refractivity contribution in [2.75, 3.05) is 0 Å². The van der Waals surface area contributed by atoms with Crippen LogP contribution in [0.25, 0.3) is 10.6 Å². The molecule has 0 saturated carbocycles. The van der Waals surface area contributed by atoms with Crippen LogP contribution in [0.3, 0.4) is 0 Å². The topological polar surface area (TPSA) is 44.1 Å². The van der Waals surface area contributed by atoms with Crippen LogP contribution in [0.2, 0.25) is 0 Å². The zero-order valence-electron chi connectivity index (χ0n) is 13.3. The molecule has 3 heterocycles. The summed E-state index contributed by atoms with van der Waals surface area (Å²) in [4.78, 5) is 16.8. The fraction of sp³-hybridized carbons (Fsp3) is 0.294. The number of rotatable bonds is 5. The summed E-state index contributed by atoms with van der Waals surface area (Å²) in [5.74, 6) is -0.289. The Kier molecular flexibility index (Phi) is 4.63. The molecular weight excluding hydrogens is 328 g/mol. The minimum Gasteiger partial charge on any atom is -0.455 e. The number of thiophene rings is 1. The van der Waals surface area contributed by atoms with Gasteiger partial charge in [-0.2, -0.15) is 11.3 Å². The smallest absolute Gasteiger partial charge is 0.340 e. The first kappa shape index (κ1) is 16.0. The molecule has 0 fully saturated rings. The Labute approximate surface area is 143 Å². The maximum Gasteiger partial charge on any atom is 0.340 e. The third-order valence-corrected chi connectivity index (χ3v) is 5.40. The average Bonchev–Trinajstić information content (AvgIpc) is 3.24. The van der Waals surface area contributed by atoms with Gasteiger partial charge in [-0.15, -0.1) is 11.3 Å². The first-order valence-corrected chi connectivity index (χ1v) is 9.23. The summed E-state index contributed by atoms with van der Waals surface area (Å²) in [6, 6.07) is 3.93. The third-order valence-electron chi connectivity index (χ3n) is 3.78. The number of hydrogen-bond acceptors (Lipinski definition) is 5. The first-order chi connectivity index (χ1) is 11.1. The number of carbonyl (C=O) groups excluding carboxylic acids is 1. The zero-order valence-corrected chi connectivity index (χ0v) is 15.0. The second kappa shape index (κ2) is 6.68. The molecule has 0 radical (unpaired) electrons. The van der Waals surface area contributed by atoms with Crippen LogP contribution >= 0.6 is 22.7 Å². The highest BCUT2D eigenvalue weighted by Gasteiger charge is 2.17. The Balaban J connectivity index is 1.68. The fourth-order valence-corrected chi connectivity index (χ4v) is 4.12. The number of hydrogen-bond donors (Lipinski definition) is 0. The van der Waals surface area contributed by atoms with Gasteiger partial charge in [0, 0.05) is 34.3 Å². The van der Waals surface area contributed by atoms with E-state index in [-0.39, 0.29) is 12.6 Å². The molecule has 0 saturated heterocycles. The number of aromatic nitrogens is 2. The molecule has 3 rings (SSSR count). The Morgan fingerprint density at radius 3 is 2.83 bits per heavy atom. The largest absolute Gasteiger partial charge is 0.455 e. The predicted octanol–water partition coefficient (Wildman–Crippen LogP) is 4.67. The summed E-state index contributed by atoms with van der Waals surface area (Å²) in [7, 11) is 0. The van der Waals surface area contributed by atoms with Crippen LogP contribution in [0.15, 0.2) is 28.3 Å². The van der Waals surface area contributed by atoms with Crippen molar-refractivity contribution >= 4 is 28.6 Å². The van der Waals surface area contributed by atoms with Gasteiger partial charge in [-0.1, -0.05) is 0 Å². The van der Waals surface area contributed by atoms with Crippen molar-refractivity contribution in [3.63, 3.8) is 0 Å². The van der Waals surface area contributed by atoms with Crippen molar-refractivity contribution in [2.45, 2.75) is 33.9 Å². The average molecular weight is 346 g/mol. The summed E-state index contributed by atoms with van der Waals surface area (Å²) >= 11 is 3.21. The van der Waals surface area contributed by atoms with Crippen molar-refractivity contribution in [1.82, 2.24) is 9.55 Å². The van der Waals surface area contributed by atoms with E-state index in [1.54, 1.807) is 22.7 Å². The summed E-state index contributed by atoms with van der Waals surface area (Å²) < 4.78 is 7.54. The summed E-state index contributed by atoms with van der Waals surface area (Å²) in [6.45, 7) is 7.07. The monoisotopic (exact) mass is 346 g/mol. The van der Waals surface area contributed by atoms with Gasteiger partial charge in [0.1, 0.15) is 11.6 Å². The molecule has 3 aromatic heterocycles. The Morgan fingerprint density at radius 2 is 2.17 bits per heavy atom. The Morgan fingerprint density at radius 1 is 1.35 bits per heavy atom. The van der Waals surface area contributed by atoms with Gasteiger partial charge in [-0.3, -0.25) is 0 Å². The normalized spacial score (nSPS) is 10.9. The van der Waals surface area contributed by atoms with E-state index in [1.807, 2.05) is 36.7 Å².